The molecule has 6 nitrogen and oxygen atoms in total. The number of halogens is 3. The van der Waals surface area contributed by atoms with Gasteiger partial charge < -0.3 is 15.4 Å². The molecular formula is C21H13ClF2N4O2. The van der Waals surface area contributed by atoms with Gasteiger partial charge in [0.2, 0.25) is 0 Å². The number of carbonyl (C=O) groups excluding carboxylic acids is 1. The Morgan fingerprint density at radius 2 is 1.57 bits per heavy atom. The van der Waals surface area contributed by atoms with E-state index in [0.29, 0.717) is 21.7 Å². The zero-order valence-electron chi connectivity index (χ0n) is 15.2. The molecule has 4 rings (SSSR count). The van der Waals surface area contributed by atoms with Crippen LogP contribution in [0.3, 0.4) is 0 Å². The fraction of sp³-hybridized carbons (Fsp3) is 0. The Morgan fingerprint density at radius 1 is 0.867 bits per heavy atom. The maximum absolute atomic E-state index is 14.5. The van der Waals surface area contributed by atoms with E-state index in [9.17, 15) is 13.6 Å². The lowest BCUT2D eigenvalue weighted by molar-refractivity contribution is 0.262. The van der Waals surface area contributed by atoms with Crippen molar-refractivity contribution < 1.29 is 18.3 Å². The highest BCUT2D eigenvalue weighted by Crippen LogP contribution is 2.31. The molecule has 0 aliphatic carbocycles. The molecule has 0 saturated heterocycles. The van der Waals surface area contributed by atoms with Crippen molar-refractivity contribution >= 4 is 40.0 Å². The topological polar surface area (TPSA) is 76.1 Å². The largest absolute Gasteiger partial charge is 0.451 e. The van der Waals surface area contributed by atoms with Gasteiger partial charge in [0.25, 0.3) is 0 Å². The molecule has 2 N–H and O–H groups in total. The van der Waals surface area contributed by atoms with Crippen molar-refractivity contribution in [3.63, 3.8) is 0 Å². The van der Waals surface area contributed by atoms with E-state index in [1.807, 2.05) is 0 Å². The number of benzene rings is 3. The van der Waals surface area contributed by atoms with Gasteiger partial charge in [-0.1, -0.05) is 17.7 Å². The number of carbonyl (C=O) groups is 1. The van der Waals surface area contributed by atoms with E-state index in [2.05, 4.69) is 20.6 Å². The van der Waals surface area contributed by atoms with E-state index in [1.165, 1.54) is 30.6 Å². The Morgan fingerprint density at radius 3 is 2.30 bits per heavy atom. The maximum atomic E-state index is 14.5. The Balaban J connectivity index is 1.50. The van der Waals surface area contributed by atoms with Crippen LogP contribution in [0.5, 0.6) is 11.5 Å². The van der Waals surface area contributed by atoms with Crippen LogP contribution in [0.15, 0.2) is 67.0 Å². The van der Waals surface area contributed by atoms with Crippen molar-refractivity contribution in [3.8, 4) is 11.5 Å². The first-order chi connectivity index (χ1) is 14.5. The number of fused-ring (bicyclic) bond motifs is 1. The molecule has 150 valence electrons. The minimum atomic E-state index is -0.979. The molecule has 0 aliphatic rings. The normalized spacial score (nSPS) is 10.6. The summed E-state index contributed by atoms with van der Waals surface area (Å²) in [4.78, 5) is 20.3. The molecule has 1 heterocycles. The number of aromatic nitrogens is 2. The summed E-state index contributed by atoms with van der Waals surface area (Å²) in [6, 6.07) is 12.4. The maximum Gasteiger partial charge on any atom is 0.323 e. The van der Waals surface area contributed by atoms with Crippen LogP contribution in [0.4, 0.5) is 25.0 Å². The molecule has 4 aromatic rings. The molecular weight excluding hydrogens is 414 g/mol. The van der Waals surface area contributed by atoms with Gasteiger partial charge in [-0.2, -0.15) is 0 Å². The first-order valence-corrected chi connectivity index (χ1v) is 9.07. The van der Waals surface area contributed by atoms with E-state index < -0.39 is 23.4 Å². The molecule has 0 unspecified atom stereocenters. The van der Waals surface area contributed by atoms with E-state index >= 15 is 0 Å². The summed E-state index contributed by atoms with van der Waals surface area (Å²) in [5, 5.41) is 5.31. The Hall–Kier alpha value is -3.78. The number of rotatable bonds is 4. The van der Waals surface area contributed by atoms with Crippen LogP contribution in [0.2, 0.25) is 5.02 Å². The molecule has 0 aliphatic heterocycles. The molecule has 2 amide bonds. The van der Waals surface area contributed by atoms with Gasteiger partial charge >= 0.3 is 6.03 Å². The molecule has 0 spiro atoms. The SMILES string of the molecule is O=C(Nc1cccc(Cl)c1)Nc1cc(F)c(Oc2ccc3nccnc3c2)c(F)c1. The number of ether oxygens (including phenoxy) is 1. The molecule has 9 heteroatoms. The molecule has 3 aromatic carbocycles. The van der Waals surface area contributed by atoms with Crippen LogP contribution >= 0.6 is 11.6 Å². The fourth-order valence-corrected chi connectivity index (χ4v) is 2.90. The molecule has 0 bridgehead atoms. The summed E-state index contributed by atoms with van der Waals surface area (Å²) in [5.41, 5.74) is 1.49. The second-order valence-corrected chi connectivity index (χ2v) is 6.60. The highest BCUT2D eigenvalue weighted by Gasteiger charge is 2.15. The smallest absolute Gasteiger partial charge is 0.323 e. The van der Waals surface area contributed by atoms with Gasteiger partial charge in [0.15, 0.2) is 17.4 Å². The third-order valence-electron chi connectivity index (χ3n) is 4.00. The highest BCUT2D eigenvalue weighted by atomic mass is 35.5. The third-order valence-corrected chi connectivity index (χ3v) is 4.23. The van der Waals surface area contributed by atoms with Gasteiger partial charge in [-0.05, 0) is 30.3 Å². The van der Waals surface area contributed by atoms with Gasteiger partial charge in [0, 0.05) is 47.0 Å². The van der Waals surface area contributed by atoms with Crippen molar-refractivity contribution in [2.45, 2.75) is 0 Å². The van der Waals surface area contributed by atoms with E-state index in [4.69, 9.17) is 16.3 Å². The van der Waals surface area contributed by atoms with Crippen molar-refractivity contribution in [2.24, 2.45) is 0 Å². The minimum Gasteiger partial charge on any atom is -0.451 e. The van der Waals surface area contributed by atoms with Gasteiger partial charge in [0.05, 0.1) is 11.0 Å². The van der Waals surface area contributed by atoms with Gasteiger partial charge in [-0.15, -0.1) is 0 Å². The standard InChI is InChI=1S/C21H13ClF2N4O2/c22-12-2-1-3-13(8-12)27-21(29)28-14-9-16(23)20(17(24)10-14)30-15-4-5-18-19(11-15)26-7-6-25-18/h1-11H,(H2,27,28,29). The Bertz CT molecular complexity index is 1230. The number of hydrogen-bond acceptors (Lipinski definition) is 4. The summed E-state index contributed by atoms with van der Waals surface area (Å²) in [6.45, 7) is 0. The van der Waals surface area contributed by atoms with Crippen LogP contribution in [0.25, 0.3) is 11.0 Å². The second kappa shape index (κ2) is 8.30. The predicted molar refractivity (Wildman–Crippen MR) is 110 cm³/mol. The van der Waals surface area contributed by atoms with Crippen molar-refractivity contribution in [2.75, 3.05) is 10.6 Å². The third kappa shape index (κ3) is 4.44. The number of amides is 2. The van der Waals surface area contributed by atoms with Gasteiger partial charge in [-0.25, -0.2) is 13.6 Å². The van der Waals surface area contributed by atoms with E-state index in [-0.39, 0.29) is 11.4 Å². The van der Waals surface area contributed by atoms with Crippen molar-refractivity contribution in [1.82, 2.24) is 9.97 Å². The van der Waals surface area contributed by atoms with Gasteiger partial charge in [0.1, 0.15) is 5.75 Å². The Kier molecular flexibility index (Phi) is 5.40. The Labute approximate surface area is 174 Å². The monoisotopic (exact) mass is 426 g/mol. The zero-order chi connectivity index (χ0) is 21.1. The summed E-state index contributed by atoms with van der Waals surface area (Å²) in [7, 11) is 0. The lowest BCUT2D eigenvalue weighted by atomic mass is 10.2. The van der Waals surface area contributed by atoms with Gasteiger partial charge in [-0.3, -0.25) is 9.97 Å². The molecule has 0 saturated carbocycles. The average Bonchev–Trinajstić information content (AvgIpc) is 2.70. The van der Waals surface area contributed by atoms with Crippen LogP contribution in [0.1, 0.15) is 0 Å². The second-order valence-electron chi connectivity index (χ2n) is 6.17. The summed E-state index contributed by atoms with van der Waals surface area (Å²) in [6.07, 6.45) is 3.04. The fourth-order valence-electron chi connectivity index (χ4n) is 2.71. The zero-order valence-corrected chi connectivity index (χ0v) is 16.0. The molecule has 0 radical (unpaired) electrons. The van der Waals surface area contributed by atoms with Crippen LogP contribution < -0.4 is 15.4 Å². The van der Waals surface area contributed by atoms with E-state index in [0.717, 1.165) is 12.1 Å². The quantitative estimate of drug-likeness (QED) is 0.419. The highest BCUT2D eigenvalue weighted by molar-refractivity contribution is 6.30. The van der Waals surface area contributed by atoms with Crippen LogP contribution in [0, 0.1) is 11.6 Å². The number of nitrogens with one attached hydrogen (secondary N) is 2. The first kappa shape index (κ1) is 19.5. The molecule has 1 aromatic heterocycles. The molecule has 0 fully saturated rings. The summed E-state index contributed by atoms with van der Waals surface area (Å²) in [5.74, 6) is -2.36. The lowest BCUT2D eigenvalue weighted by Gasteiger charge is -2.12. The molecule has 0 atom stereocenters. The van der Waals surface area contributed by atoms with Crippen molar-refractivity contribution in [3.05, 3.63) is 83.6 Å². The number of anilines is 2. The van der Waals surface area contributed by atoms with Crippen LogP contribution in [-0.2, 0) is 0 Å². The van der Waals surface area contributed by atoms with Crippen molar-refractivity contribution in [1.29, 1.82) is 0 Å². The minimum absolute atomic E-state index is 0.0822. The lowest BCUT2D eigenvalue weighted by Crippen LogP contribution is -2.19. The predicted octanol–water partition coefficient (Wildman–Crippen LogP) is 6.00. The summed E-state index contributed by atoms with van der Waals surface area (Å²) >= 11 is 5.85. The van der Waals surface area contributed by atoms with Crippen LogP contribution in [-0.4, -0.2) is 16.0 Å². The summed E-state index contributed by atoms with van der Waals surface area (Å²) < 4.78 is 34.3. The number of hydrogen-bond donors (Lipinski definition) is 2. The van der Waals surface area contributed by atoms with E-state index in [1.54, 1.807) is 24.3 Å². The average molecular weight is 427 g/mol. The first-order valence-electron chi connectivity index (χ1n) is 8.69. The number of nitrogens with zero attached hydrogens (tertiary/aromatic N) is 2. The molecule has 30 heavy (non-hydrogen) atoms. The number of urea groups is 1.